The summed E-state index contributed by atoms with van der Waals surface area (Å²) < 4.78 is 0. The lowest BCUT2D eigenvalue weighted by Gasteiger charge is -2.24. The lowest BCUT2D eigenvalue weighted by atomic mass is 9.94. The van der Waals surface area contributed by atoms with Crippen LogP contribution in [0, 0.1) is 5.92 Å². The third-order valence-electron chi connectivity index (χ3n) is 3.33. The van der Waals surface area contributed by atoms with Crippen LogP contribution in [0.15, 0.2) is 11.1 Å². The molecule has 0 radical (unpaired) electrons. The second-order valence-corrected chi connectivity index (χ2v) is 4.83. The minimum atomic E-state index is 0.742. The highest BCUT2D eigenvalue weighted by Gasteiger charge is 2.33. The molecule has 0 amide bonds. The Morgan fingerprint density at radius 3 is 3.14 bits per heavy atom. The molecule has 0 saturated carbocycles. The molecular weight excluding hydrogens is 196 g/mol. The first-order valence-corrected chi connectivity index (χ1v) is 5.95. The number of fused-ring (bicyclic) bond motifs is 1. The second-order valence-electron chi connectivity index (χ2n) is 4.61. The zero-order chi connectivity index (χ0) is 9.97. The smallest absolute Gasteiger partial charge is 0.0235 e. The van der Waals surface area contributed by atoms with Crippen LogP contribution < -0.4 is 5.32 Å². The van der Waals surface area contributed by atoms with Crippen LogP contribution in [-0.4, -0.2) is 37.1 Å². The largest absolute Gasteiger partial charge is 0.312 e. The molecule has 0 aromatic heterocycles. The third kappa shape index (κ3) is 2.30. The van der Waals surface area contributed by atoms with Crippen molar-refractivity contribution in [2.24, 2.45) is 5.92 Å². The maximum atomic E-state index is 5.68. The van der Waals surface area contributed by atoms with Crippen molar-refractivity contribution in [1.82, 2.24) is 10.2 Å². The van der Waals surface area contributed by atoms with Gasteiger partial charge in [-0.25, -0.2) is 0 Å². The normalized spacial score (nSPS) is 34.6. The molecule has 0 aliphatic carbocycles. The van der Waals surface area contributed by atoms with Crippen LogP contribution in [0.1, 0.15) is 19.8 Å². The SMILES string of the molecule is CC(=CCl)CN1CC2CCCNC2C1. The van der Waals surface area contributed by atoms with Crippen molar-refractivity contribution in [1.29, 1.82) is 0 Å². The van der Waals surface area contributed by atoms with Gasteiger partial charge in [-0.1, -0.05) is 11.6 Å². The third-order valence-corrected chi connectivity index (χ3v) is 3.71. The van der Waals surface area contributed by atoms with Gasteiger partial charge in [-0.3, -0.25) is 4.90 Å². The van der Waals surface area contributed by atoms with Gasteiger partial charge < -0.3 is 5.32 Å². The van der Waals surface area contributed by atoms with E-state index in [1.165, 1.54) is 38.0 Å². The van der Waals surface area contributed by atoms with Gasteiger partial charge in [0.25, 0.3) is 0 Å². The monoisotopic (exact) mass is 214 g/mol. The number of rotatable bonds is 2. The zero-order valence-electron chi connectivity index (χ0n) is 8.80. The van der Waals surface area contributed by atoms with Crippen LogP contribution in [-0.2, 0) is 0 Å². The maximum absolute atomic E-state index is 5.68. The van der Waals surface area contributed by atoms with Crippen LogP contribution in [0.5, 0.6) is 0 Å². The summed E-state index contributed by atoms with van der Waals surface area (Å²) in [5.74, 6) is 0.881. The van der Waals surface area contributed by atoms with E-state index in [2.05, 4.69) is 17.1 Å². The highest BCUT2D eigenvalue weighted by Crippen LogP contribution is 2.25. The Labute approximate surface area is 91.3 Å². The summed E-state index contributed by atoms with van der Waals surface area (Å²) in [5, 5.41) is 3.61. The Morgan fingerprint density at radius 2 is 2.43 bits per heavy atom. The highest BCUT2D eigenvalue weighted by molar-refractivity contribution is 6.25. The fourth-order valence-corrected chi connectivity index (χ4v) is 2.72. The molecule has 2 aliphatic rings. The number of nitrogens with zero attached hydrogens (tertiary/aromatic N) is 1. The van der Waals surface area contributed by atoms with E-state index in [0.717, 1.165) is 18.5 Å². The van der Waals surface area contributed by atoms with Gasteiger partial charge in [0.2, 0.25) is 0 Å². The summed E-state index contributed by atoms with van der Waals surface area (Å²) in [6.45, 7) is 6.80. The number of piperidine rings is 1. The Hall–Kier alpha value is -0.0500. The van der Waals surface area contributed by atoms with Gasteiger partial charge in [-0.05, 0) is 37.8 Å². The van der Waals surface area contributed by atoms with E-state index >= 15 is 0 Å². The Bertz CT molecular complexity index is 213. The van der Waals surface area contributed by atoms with Gasteiger partial charge in [0.1, 0.15) is 0 Å². The summed E-state index contributed by atoms with van der Waals surface area (Å²) in [6, 6.07) is 0.742. The molecule has 0 spiro atoms. The van der Waals surface area contributed by atoms with Gasteiger partial charge >= 0.3 is 0 Å². The van der Waals surface area contributed by atoms with Crippen LogP contribution in [0.2, 0.25) is 0 Å². The minimum Gasteiger partial charge on any atom is -0.312 e. The number of nitrogens with one attached hydrogen (secondary N) is 1. The fourth-order valence-electron chi connectivity index (χ4n) is 2.65. The molecule has 80 valence electrons. The number of hydrogen-bond donors (Lipinski definition) is 1. The van der Waals surface area contributed by atoms with E-state index < -0.39 is 0 Å². The van der Waals surface area contributed by atoms with E-state index in [1.54, 1.807) is 5.54 Å². The van der Waals surface area contributed by atoms with Gasteiger partial charge in [0, 0.05) is 31.2 Å². The Kier molecular flexibility index (Phi) is 3.47. The Balaban J connectivity index is 1.86. The van der Waals surface area contributed by atoms with E-state index in [9.17, 15) is 0 Å². The molecule has 0 aromatic carbocycles. The van der Waals surface area contributed by atoms with Crippen molar-refractivity contribution in [2.45, 2.75) is 25.8 Å². The summed E-state index contributed by atoms with van der Waals surface area (Å²) in [7, 11) is 0. The van der Waals surface area contributed by atoms with Crippen LogP contribution in [0.4, 0.5) is 0 Å². The van der Waals surface area contributed by atoms with Crippen LogP contribution in [0.25, 0.3) is 0 Å². The van der Waals surface area contributed by atoms with Gasteiger partial charge in [-0.15, -0.1) is 0 Å². The molecule has 2 aliphatic heterocycles. The van der Waals surface area contributed by atoms with Crippen molar-refractivity contribution < 1.29 is 0 Å². The lowest BCUT2D eigenvalue weighted by Crippen LogP contribution is -2.40. The second kappa shape index (κ2) is 4.65. The number of halogens is 1. The topological polar surface area (TPSA) is 15.3 Å². The molecule has 2 heterocycles. The predicted molar refractivity (Wildman–Crippen MR) is 60.6 cm³/mol. The average Bonchev–Trinajstić information content (AvgIpc) is 2.59. The van der Waals surface area contributed by atoms with Crippen molar-refractivity contribution in [3.8, 4) is 0 Å². The molecule has 3 heteroatoms. The van der Waals surface area contributed by atoms with Crippen LogP contribution in [0.3, 0.4) is 0 Å². The summed E-state index contributed by atoms with van der Waals surface area (Å²) in [4.78, 5) is 2.52. The summed E-state index contributed by atoms with van der Waals surface area (Å²) in [6.07, 6.45) is 2.75. The molecule has 2 saturated heterocycles. The van der Waals surface area contributed by atoms with Crippen molar-refractivity contribution in [3.63, 3.8) is 0 Å². The highest BCUT2D eigenvalue weighted by atomic mass is 35.5. The van der Waals surface area contributed by atoms with E-state index in [1.807, 2.05) is 0 Å². The standard InChI is InChI=1S/C11H19ClN2/c1-9(5-12)6-14-7-10-3-2-4-13-11(10)8-14/h5,10-11,13H,2-4,6-8H2,1H3. The van der Waals surface area contributed by atoms with E-state index in [-0.39, 0.29) is 0 Å². The van der Waals surface area contributed by atoms with Crippen molar-refractivity contribution in [3.05, 3.63) is 11.1 Å². The summed E-state index contributed by atoms with van der Waals surface area (Å²) in [5.41, 5.74) is 2.97. The van der Waals surface area contributed by atoms with Crippen molar-refractivity contribution in [2.75, 3.05) is 26.2 Å². The van der Waals surface area contributed by atoms with Gasteiger partial charge in [0.05, 0.1) is 0 Å². The Morgan fingerprint density at radius 1 is 1.57 bits per heavy atom. The van der Waals surface area contributed by atoms with Crippen LogP contribution >= 0.6 is 11.6 Å². The molecule has 2 unspecified atom stereocenters. The molecule has 0 bridgehead atoms. The molecule has 2 atom stereocenters. The molecule has 2 fully saturated rings. The average molecular weight is 215 g/mol. The molecular formula is C11H19ClN2. The first kappa shape index (κ1) is 10.5. The first-order chi connectivity index (χ1) is 6.79. The van der Waals surface area contributed by atoms with Crippen molar-refractivity contribution >= 4 is 11.6 Å². The molecule has 0 aromatic rings. The van der Waals surface area contributed by atoms with Gasteiger partial charge in [0.15, 0.2) is 0 Å². The zero-order valence-corrected chi connectivity index (χ0v) is 9.56. The number of hydrogen-bond acceptors (Lipinski definition) is 2. The maximum Gasteiger partial charge on any atom is 0.0235 e. The van der Waals surface area contributed by atoms with E-state index in [0.29, 0.717) is 0 Å². The molecule has 14 heavy (non-hydrogen) atoms. The fraction of sp³-hybridized carbons (Fsp3) is 0.818. The minimum absolute atomic E-state index is 0.742. The first-order valence-electron chi connectivity index (χ1n) is 5.51. The molecule has 1 N–H and O–H groups in total. The number of likely N-dealkylation sites (tertiary alicyclic amines) is 1. The molecule has 2 rings (SSSR count). The van der Waals surface area contributed by atoms with E-state index in [4.69, 9.17) is 11.6 Å². The van der Waals surface area contributed by atoms with Gasteiger partial charge in [-0.2, -0.15) is 0 Å². The summed E-state index contributed by atoms with van der Waals surface area (Å²) >= 11 is 5.68. The lowest BCUT2D eigenvalue weighted by molar-refractivity contribution is 0.334. The predicted octanol–water partition coefficient (Wildman–Crippen LogP) is 1.81. The quantitative estimate of drug-likeness (QED) is 0.755. The molecule has 2 nitrogen and oxygen atoms in total.